The van der Waals surface area contributed by atoms with Crippen LogP contribution in [-0.4, -0.2) is 47.1 Å². The molecule has 1 aliphatic heterocycles. The molecule has 132 valence electrons. The van der Waals surface area contributed by atoms with E-state index in [-0.39, 0.29) is 12.0 Å². The van der Waals surface area contributed by atoms with Crippen molar-refractivity contribution in [2.75, 3.05) is 20.2 Å². The second-order valence-corrected chi connectivity index (χ2v) is 6.85. The van der Waals surface area contributed by atoms with Gasteiger partial charge >= 0.3 is 6.01 Å². The minimum atomic E-state index is -0.0795. The Morgan fingerprint density at radius 2 is 2.16 bits per heavy atom. The average molecular weight is 406 g/mol. The van der Waals surface area contributed by atoms with Crippen molar-refractivity contribution < 1.29 is 14.3 Å². The molecule has 0 spiro atoms. The first-order chi connectivity index (χ1) is 12.1. The first kappa shape index (κ1) is 17.7. The largest absolute Gasteiger partial charge is 0.497 e. The van der Waals surface area contributed by atoms with Crippen LogP contribution in [0.25, 0.3) is 0 Å². The topological polar surface area (TPSA) is 64.5 Å². The lowest BCUT2D eigenvalue weighted by atomic mass is 10.1. The number of carbonyl (C=O) groups excluding carboxylic acids is 1. The first-order valence-corrected chi connectivity index (χ1v) is 8.98. The number of hydrogen-bond acceptors (Lipinski definition) is 5. The molecule has 0 N–H and O–H groups in total. The van der Waals surface area contributed by atoms with E-state index in [1.807, 2.05) is 29.2 Å². The van der Waals surface area contributed by atoms with Gasteiger partial charge in [-0.1, -0.05) is 12.1 Å². The molecule has 1 saturated heterocycles. The third-order valence-corrected chi connectivity index (χ3v) is 4.50. The lowest BCUT2D eigenvalue weighted by molar-refractivity contribution is -0.133. The molecule has 2 aromatic rings. The lowest BCUT2D eigenvalue weighted by Crippen LogP contribution is -2.45. The summed E-state index contributed by atoms with van der Waals surface area (Å²) in [7, 11) is 1.62. The van der Waals surface area contributed by atoms with E-state index in [0.717, 1.165) is 35.2 Å². The number of carbonyl (C=O) groups is 1. The maximum Gasteiger partial charge on any atom is 0.316 e. The second kappa shape index (κ2) is 8.29. The van der Waals surface area contributed by atoms with Crippen LogP contribution in [0.4, 0.5) is 0 Å². The first-order valence-electron chi connectivity index (χ1n) is 8.19. The Balaban J connectivity index is 1.58. The van der Waals surface area contributed by atoms with Gasteiger partial charge in [-0.2, -0.15) is 0 Å². The van der Waals surface area contributed by atoms with Crippen LogP contribution < -0.4 is 9.47 Å². The Morgan fingerprint density at radius 1 is 1.36 bits per heavy atom. The molecule has 0 radical (unpaired) electrons. The number of aromatic nitrogens is 2. The van der Waals surface area contributed by atoms with Gasteiger partial charge in [-0.25, -0.2) is 9.97 Å². The summed E-state index contributed by atoms with van der Waals surface area (Å²) in [5, 5.41) is 0. The molecule has 0 bridgehead atoms. The second-order valence-electron chi connectivity index (χ2n) is 5.93. The molecule has 7 heteroatoms. The number of hydrogen-bond donors (Lipinski definition) is 0. The van der Waals surface area contributed by atoms with Gasteiger partial charge in [0, 0.05) is 18.9 Å². The van der Waals surface area contributed by atoms with Crippen molar-refractivity contribution >= 4 is 21.8 Å². The number of ether oxygens (including phenoxy) is 2. The van der Waals surface area contributed by atoms with Crippen LogP contribution in [0.3, 0.4) is 0 Å². The molecule has 1 fully saturated rings. The van der Waals surface area contributed by atoms with E-state index in [0.29, 0.717) is 19.0 Å². The Labute approximate surface area is 155 Å². The van der Waals surface area contributed by atoms with Gasteiger partial charge in [0.15, 0.2) is 0 Å². The Morgan fingerprint density at radius 3 is 2.92 bits per heavy atom. The van der Waals surface area contributed by atoms with E-state index in [1.165, 1.54) is 0 Å². The van der Waals surface area contributed by atoms with Crippen LogP contribution in [-0.2, 0) is 11.2 Å². The predicted octanol–water partition coefficient (Wildman–Crippen LogP) is 2.86. The molecule has 0 aliphatic carbocycles. The van der Waals surface area contributed by atoms with Crippen molar-refractivity contribution in [1.82, 2.24) is 14.9 Å². The maximum absolute atomic E-state index is 12.6. The number of amides is 1. The average Bonchev–Trinajstić information content (AvgIpc) is 2.64. The molecule has 1 aromatic heterocycles. The minimum Gasteiger partial charge on any atom is -0.497 e. The molecule has 1 aliphatic rings. The zero-order valence-electron chi connectivity index (χ0n) is 14.0. The van der Waals surface area contributed by atoms with Gasteiger partial charge in [-0.05, 0) is 46.5 Å². The molecule has 25 heavy (non-hydrogen) atoms. The number of halogens is 1. The fourth-order valence-corrected chi connectivity index (χ4v) is 3.04. The van der Waals surface area contributed by atoms with Crippen LogP contribution >= 0.6 is 15.9 Å². The third kappa shape index (κ3) is 4.92. The van der Waals surface area contributed by atoms with Gasteiger partial charge < -0.3 is 14.4 Å². The summed E-state index contributed by atoms with van der Waals surface area (Å²) in [5.41, 5.74) is 0.948. The van der Waals surface area contributed by atoms with E-state index >= 15 is 0 Å². The number of likely N-dealkylation sites (tertiary alicyclic amines) is 1. The fraction of sp³-hybridized carbons (Fsp3) is 0.389. The van der Waals surface area contributed by atoms with E-state index in [2.05, 4.69) is 25.9 Å². The fourth-order valence-electron chi connectivity index (χ4n) is 2.84. The van der Waals surface area contributed by atoms with Gasteiger partial charge in [0.25, 0.3) is 0 Å². The normalized spacial score (nSPS) is 17.2. The van der Waals surface area contributed by atoms with Crippen molar-refractivity contribution in [3.8, 4) is 11.8 Å². The van der Waals surface area contributed by atoms with Crippen molar-refractivity contribution in [2.45, 2.75) is 25.4 Å². The summed E-state index contributed by atoms with van der Waals surface area (Å²) in [6, 6.07) is 7.94. The molecule has 1 aromatic carbocycles. The Bertz CT molecular complexity index is 724. The smallest absolute Gasteiger partial charge is 0.316 e. The van der Waals surface area contributed by atoms with Crippen LogP contribution in [0.1, 0.15) is 18.4 Å². The summed E-state index contributed by atoms with van der Waals surface area (Å²) in [6.07, 6.45) is 5.38. The highest BCUT2D eigenvalue weighted by atomic mass is 79.9. The van der Waals surface area contributed by atoms with E-state index in [4.69, 9.17) is 9.47 Å². The number of methoxy groups -OCH3 is 1. The monoisotopic (exact) mass is 405 g/mol. The van der Waals surface area contributed by atoms with Gasteiger partial charge in [-0.3, -0.25) is 4.79 Å². The molecular formula is C18H20BrN3O3. The van der Waals surface area contributed by atoms with Crippen LogP contribution in [0.2, 0.25) is 0 Å². The van der Waals surface area contributed by atoms with Gasteiger partial charge in [0.05, 0.1) is 24.5 Å². The molecule has 1 atom stereocenters. The molecule has 3 rings (SSSR count). The van der Waals surface area contributed by atoms with Gasteiger partial charge in [-0.15, -0.1) is 0 Å². The van der Waals surface area contributed by atoms with Crippen LogP contribution in [0.15, 0.2) is 41.1 Å². The molecule has 6 nitrogen and oxygen atoms in total. The number of benzene rings is 1. The van der Waals surface area contributed by atoms with Gasteiger partial charge in [0.2, 0.25) is 5.91 Å². The zero-order valence-corrected chi connectivity index (χ0v) is 15.6. The van der Waals surface area contributed by atoms with E-state index in [9.17, 15) is 4.79 Å². The molecule has 1 amide bonds. The molecule has 1 unspecified atom stereocenters. The van der Waals surface area contributed by atoms with Crippen molar-refractivity contribution in [1.29, 1.82) is 0 Å². The molecular weight excluding hydrogens is 386 g/mol. The highest BCUT2D eigenvalue weighted by Gasteiger charge is 2.25. The lowest BCUT2D eigenvalue weighted by Gasteiger charge is -2.32. The highest BCUT2D eigenvalue weighted by molar-refractivity contribution is 9.10. The van der Waals surface area contributed by atoms with E-state index < -0.39 is 0 Å². The van der Waals surface area contributed by atoms with Crippen LogP contribution in [0.5, 0.6) is 11.8 Å². The summed E-state index contributed by atoms with van der Waals surface area (Å²) in [5.74, 6) is 0.857. The van der Waals surface area contributed by atoms with Gasteiger partial charge in [0.1, 0.15) is 11.9 Å². The maximum atomic E-state index is 12.6. The number of rotatable bonds is 5. The van der Waals surface area contributed by atoms with Crippen molar-refractivity contribution in [3.63, 3.8) is 0 Å². The predicted molar refractivity (Wildman–Crippen MR) is 96.7 cm³/mol. The molecule has 0 saturated carbocycles. The zero-order chi connectivity index (χ0) is 17.6. The number of nitrogens with zero attached hydrogens (tertiary/aromatic N) is 3. The molecule has 2 heterocycles. The summed E-state index contributed by atoms with van der Waals surface area (Å²) < 4.78 is 11.8. The van der Waals surface area contributed by atoms with Crippen LogP contribution in [0, 0.1) is 0 Å². The quantitative estimate of drug-likeness (QED) is 0.764. The summed E-state index contributed by atoms with van der Waals surface area (Å²) >= 11 is 3.30. The Hall–Kier alpha value is -2.15. The van der Waals surface area contributed by atoms with Crippen molar-refractivity contribution in [3.05, 3.63) is 46.7 Å². The summed E-state index contributed by atoms with van der Waals surface area (Å²) in [4.78, 5) is 22.7. The summed E-state index contributed by atoms with van der Waals surface area (Å²) in [6.45, 7) is 1.31. The Kier molecular flexibility index (Phi) is 5.86. The van der Waals surface area contributed by atoms with E-state index in [1.54, 1.807) is 19.5 Å². The third-order valence-electron chi connectivity index (χ3n) is 4.09. The number of piperidine rings is 1. The SMILES string of the molecule is COc1cccc(CC(=O)N2CCCC(Oc3ncc(Br)cn3)C2)c1. The van der Waals surface area contributed by atoms with Crippen molar-refractivity contribution in [2.24, 2.45) is 0 Å². The standard InChI is InChI=1S/C18H20BrN3O3/c1-24-15-5-2-4-13(8-15)9-17(23)22-7-3-6-16(12-22)25-18-20-10-14(19)11-21-18/h2,4-5,8,10-11,16H,3,6-7,9,12H2,1H3. The highest BCUT2D eigenvalue weighted by Crippen LogP contribution is 2.18. The minimum absolute atomic E-state index is 0.0795.